The number of halogens is 2. The number of ether oxygens (including phenoxy) is 2. The molecule has 1 saturated heterocycles. The van der Waals surface area contributed by atoms with Gasteiger partial charge in [-0.25, -0.2) is 8.78 Å². The number of hydrogen-bond acceptors (Lipinski definition) is 5. The van der Waals surface area contributed by atoms with Gasteiger partial charge in [-0.2, -0.15) is 0 Å². The smallest absolute Gasteiger partial charge is 0.321 e. The molecule has 0 spiro atoms. The van der Waals surface area contributed by atoms with Crippen LogP contribution in [0.2, 0.25) is 0 Å². The number of thiocarbonyl (C=S) groups is 1. The van der Waals surface area contributed by atoms with E-state index in [0.717, 1.165) is 23.9 Å². The van der Waals surface area contributed by atoms with Crippen molar-refractivity contribution in [3.05, 3.63) is 29.8 Å². The Morgan fingerprint density at radius 3 is 2.65 bits per heavy atom. The van der Waals surface area contributed by atoms with Crippen LogP contribution in [0.1, 0.15) is 13.8 Å². The molecule has 0 radical (unpaired) electrons. The third-order valence-corrected chi connectivity index (χ3v) is 4.61. The van der Waals surface area contributed by atoms with E-state index in [1.165, 1.54) is 0 Å². The minimum absolute atomic E-state index is 0.0459. The van der Waals surface area contributed by atoms with E-state index in [1.807, 2.05) is 18.7 Å². The van der Waals surface area contributed by atoms with Crippen LogP contribution in [0.25, 0.3) is 0 Å². The Morgan fingerprint density at radius 1 is 1.39 bits per heavy atom. The van der Waals surface area contributed by atoms with Crippen LogP contribution < -0.4 is 4.74 Å². The summed E-state index contributed by atoms with van der Waals surface area (Å²) in [5.74, 6) is -2.63. The molecule has 0 aromatic heterocycles. The second-order valence-corrected chi connectivity index (χ2v) is 6.87. The fraction of sp³-hybridized carbons (Fsp3) is 0.467. The molecule has 1 fully saturated rings. The highest BCUT2D eigenvalue weighted by molar-refractivity contribution is 8.23. The number of carbonyl (C=O) groups is 1. The Balaban J connectivity index is 1.83. The lowest BCUT2D eigenvalue weighted by Crippen LogP contribution is -2.47. The summed E-state index contributed by atoms with van der Waals surface area (Å²) in [7, 11) is 0. The average molecular weight is 361 g/mol. The average Bonchev–Trinajstić information content (AvgIpc) is 2.46. The van der Waals surface area contributed by atoms with E-state index in [0.29, 0.717) is 23.5 Å². The highest BCUT2D eigenvalue weighted by Gasteiger charge is 2.24. The molecule has 0 aliphatic carbocycles. The standard InChI is InChI=1S/C15H17F2NO3S2/c1-9-6-18(7-10(2)20-9)15(22)23-8-14(19)21-13-4-3-11(16)5-12(13)17/h3-5,9-10H,6-8H2,1-2H3/t9-,10+. The number of esters is 1. The van der Waals surface area contributed by atoms with Crippen molar-refractivity contribution in [2.24, 2.45) is 0 Å². The molecule has 0 N–H and O–H groups in total. The maximum atomic E-state index is 13.4. The Labute approximate surface area is 143 Å². The van der Waals surface area contributed by atoms with E-state index in [9.17, 15) is 13.6 Å². The van der Waals surface area contributed by atoms with Gasteiger partial charge in [-0.05, 0) is 26.0 Å². The summed E-state index contributed by atoms with van der Waals surface area (Å²) in [5, 5.41) is 0. The molecule has 0 unspecified atom stereocenters. The van der Waals surface area contributed by atoms with Crippen molar-refractivity contribution >= 4 is 34.3 Å². The van der Waals surface area contributed by atoms with Crippen molar-refractivity contribution in [1.82, 2.24) is 4.90 Å². The van der Waals surface area contributed by atoms with Crippen LogP contribution >= 0.6 is 24.0 Å². The minimum Gasteiger partial charge on any atom is -0.423 e. The third-order valence-electron chi connectivity index (χ3n) is 3.11. The molecule has 1 aliphatic heterocycles. The number of thioether (sulfide) groups is 1. The minimum atomic E-state index is -0.915. The second-order valence-electron chi connectivity index (χ2n) is 5.27. The number of benzene rings is 1. The monoisotopic (exact) mass is 361 g/mol. The number of rotatable bonds is 3. The van der Waals surface area contributed by atoms with Crippen LogP contribution in [0, 0.1) is 11.6 Å². The van der Waals surface area contributed by atoms with E-state index >= 15 is 0 Å². The molecule has 4 nitrogen and oxygen atoms in total. The number of morpholine rings is 1. The third kappa shape index (κ3) is 5.40. The molecule has 1 aliphatic rings. The van der Waals surface area contributed by atoms with Crippen LogP contribution in [0.4, 0.5) is 8.78 Å². The summed E-state index contributed by atoms with van der Waals surface area (Å²) in [6, 6.07) is 2.77. The molecular formula is C15H17F2NO3S2. The summed E-state index contributed by atoms with van der Waals surface area (Å²) in [4.78, 5) is 13.7. The summed E-state index contributed by atoms with van der Waals surface area (Å²) in [6.07, 6.45) is 0.134. The van der Waals surface area contributed by atoms with Crippen molar-refractivity contribution in [2.45, 2.75) is 26.1 Å². The fourth-order valence-corrected chi connectivity index (χ4v) is 3.21. The first kappa shape index (κ1) is 18.1. The highest BCUT2D eigenvalue weighted by atomic mass is 32.2. The molecule has 1 heterocycles. The van der Waals surface area contributed by atoms with Gasteiger partial charge < -0.3 is 14.4 Å². The van der Waals surface area contributed by atoms with Gasteiger partial charge >= 0.3 is 5.97 Å². The summed E-state index contributed by atoms with van der Waals surface area (Å²) >= 11 is 6.46. The predicted octanol–water partition coefficient (Wildman–Crippen LogP) is 3.00. The topological polar surface area (TPSA) is 38.8 Å². The SMILES string of the molecule is C[C@@H]1CN(C(=S)SCC(=O)Oc2ccc(F)cc2F)C[C@H](C)O1. The normalized spacial score (nSPS) is 21.1. The van der Waals surface area contributed by atoms with Gasteiger partial charge in [0.15, 0.2) is 11.6 Å². The zero-order valence-electron chi connectivity index (χ0n) is 12.8. The molecule has 23 heavy (non-hydrogen) atoms. The number of carbonyl (C=O) groups excluding carboxylic acids is 1. The number of nitrogens with zero attached hydrogens (tertiary/aromatic N) is 1. The van der Waals surface area contributed by atoms with E-state index in [4.69, 9.17) is 21.7 Å². The quantitative estimate of drug-likeness (QED) is 0.468. The van der Waals surface area contributed by atoms with Crippen molar-refractivity contribution in [2.75, 3.05) is 18.8 Å². The second kappa shape index (κ2) is 8.03. The lowest BCUT2D eigenvalue weighted by Gasteiger charge is -2.36. The molecular weight excluding hydrogens is 344 g/mol. The van der Waals surface area contributed by atoms with Crippen LogP contribution in [0.5, 0.6) is 5.75 Å². The molecule has 8 heteroatoms. The summed E-state index contributed by atoms with van der Waals surface area (Å²) in [6.45, 7) is 5.25. The van der Waals surface area contributed by atoms with Gasteiger partial charge in [-0.1, -0.05) is 24.0 Å². The molecule has 0 amide bonds. The maximum Gasteiger partial charge on any atom is 0.321 e. The Bertz CT molecular complexity index is 590. The van der Waals surface area contributed by atoms with Crippen LogP contribution in [0.15, 0.2) is 18.2 Å². The lowest BCUT2D eigenvalue weighted by atomic mass is 10.2. The Kier molecular flexibility index (Phi) is 6.32. The largest absolute Gasteiger partial charge is 0.423 e. The number of hydrogen-bond donors (Lipinski definition) is 0. The molecule has 0 bridgehead atoms. The van der Waals surface area contributed by atoms with E-state index in [2.05, 4.69) is 0 Å². The zero-order valence-corrected chi connectivity index (χ0v) is 14.4. The van der Waals surface area contributed by atoms with Gasteiger partial charge in [0, 0.05) is 19.2 Å². The lowest BCUT2D eigenvalue weighted by molar-refractivity contribution is -0.131. The van der Waals surface area contributed by atoms with Gasteiger partial charge in [0.25, 0.3) is 0 Å². The molecule has 2 atom stereocenters. The van der Waals surface area contributed by atoms with E-state index in [-0.39, 0.29) is 23.7 Å². The van der Waals surface area contributed by atoms with Gasteiger partial charge in [-0.3, -0.25) is 4.79 Å². The summed E-state index contributed by atoms with van der Waals surface area (Å²) in [5.41, 5.74) is 0. The molecule has 0 saturated carbocycles. The van der Waals surface area contributed by atoms with Crippen molar-refractivity contribution in [3.63, 3.8) is 0 Å². The Hall–Kier alpha value is -1.25. The van der Waals surface area contributed by atoms with Gasteiger partial charge in [0.2, 0.25) is 0 Å². The van der Waals surface area contributed by atoms with Crippen molar-refractivity contribution in [3.8, 4) is 5.75 Å². The maximum absolute atomic E-state index is 13.4. The first-order valence-corrected chi connectivity index (χ1v) is 8.47. The zero-order chi connectivity index (χ0) is 17.0. The van der Waals surface area contributed by atoms with Gasteiger partial charge in [0.1, 0.15) is 10.1 Å². The van der Waals surface area contributed by atoms with Crippen LogP contribution in [-0.2, 0) is 9.53 Å². The van der Waals surface area contributed by atoms with Crippen molar-refractivity contribution in [1.29, 1.82) is 0 Å². The van der Waals surface area contributed by atoms with Crippen molar-refractivity contribution < 1.29 is 23.0 Å². The molecule has 1 aromatic carbocycles. The highest BCUT2D eigenvalue weighted by Crippen LogP contribution is 2.20. The van der Waals surface area contributed by atoms with Gasteiger partial charge in [-0.15, -0.1) is 0 Å². The summed E-state index contributed by atoms with van der Waals surface area (Å²) < 4.78 is 37.3. The van der Waals surface area contributed by atoms with E-state index < -0.39 is 17.6 Å². The molecule has 126 valence electrons. The first-order chi connectivity index (χ1) is 10.8. The van der Waals surface area contributed by atoms with E-state index in [1.54, 1.807) is 0 Å². The van der Waals surface area contributed by atoms with Crippen LogP contribution in [-0.4, -0.2) is 46.2 Å². The first-order valence-electron chi connectivity index (χ1n) is 7.08. The van der Waals surface area contributed by atoms with Gasteiger partial charge in [0.05, 0.1) is 18.0 Å². The molecule has 2 rings (SSSR count). The molecule has 1 aromatic rings. The van der Waals surface area contributed by atoms with Crippen LogP contribution in [0.3, 0.4) is 0 Å². The predicted molar refractivity (Wildman–Crippen MR) is 88.6 cm³/mol. The fourth-order valence-electron chi connectivity index (χ4n) is 2.25. The Morgan fingerprint density at radius 2 is 2.04 bits per heavy atom.